The van der Waals surface area contributed by atoms with Gasteiger partial charge in [-0.3, -0.25) is 19.4 Å². The molecule has 3 heterocycles. The fourth-order valence-electron chi connectivity index (χ4n) is 4.18. The predicted octanol–water partition coefficient (Wildman–Crippen LogP) is 2.61. The zero-order valence-electron chi connectivity index (χ0n) is 17.3. The smallest absolute Gasteiger partial charge is 0.227 e. The SMILES string of the molecule is CCC(=O)N1CCc2cc(N3C[C@@H](C(=O)N[C@@H](C)c4ccccn4)CC3=O)ccc21. The van der Waals surface area contributed by atoms with Gasteiger partial charge in [-0.2, -0.15) is 0 Å². The average Bonchev–Trinajstić information content (AvgIpc) is 3.36. The number of amides is 3. The molecule has 0 aliphatic carbocycles. The van der Waals surface area contributed by atoms with E-state index >= 15 is 0 Å². The zero-order valence-corrected chi connectivity index (χ0v) is 17.3. The summed E-state index contributed by atoms with van der Waals surface area (Å²) in [4.78, 5) is 45.2. The van der Waals surface area contributed by atoms with E-state index < -0.39 is 5.92 Å². The molecule has 1 saturated heterocycles. The zero-order chi connectivity index (χ0) is 21.3. The predicted molar refractivity (Wildman–Crippen MR) is 114 cm³/mol. The maximum absolute atomic E-state index is 12.7. The Hall–Kier alpha value is -3.22. The molecule has 1 aromatic heterocycles. The minimum absolute atomic E-state index is 0.0555. The van der Waals surface area contributed by atoms with Gasteiger partial charge in [0.15, 0.2) is 0 Å². The summed E-state index contributed by atoms with van der Waals surface area (Å²) < 4.78 is 0. The molecule has 0 radical (unpaired) electrons. The van der Waals surface area contributed by atoms with Gasteiger partial charge in [0.2, 0.25) is 17.7 Å². The Kier molecular flexibility index (Phi) is 5.53. The molecule has 7 nitrogen and oxygen atoms in total. The summed E-state index contributed by atoms with van der Waals surface area (Å²) in [5, 5.41) is 2.97. The van der Waals surface area contributed by atoms with E-state index in [2.05, 4.69) is 10.3 Å². The van der Waals surface area contributed by atoms with Crippen LogP contribution in [0.15, 0.2) is 42.6 Å². The molecule has 0 saturated carbocycles. The molecule has 156 valence electrons. The number of nitrogens with zero attached hydrogens (tertiary/aromatic N) is 3. The Morgan fingerprint density at radius 3 is 2.83 bits per heavy atom. The van der Waals surface area contributed by atoms with Crippen molar-refractivity contribution >= 4 is 29.1 Å². The number of nitrogens with one attached hydrogen (secondary N) is 1. The van der Waals surface area contributed by atoms with E-state index in [4.69, 9.17) is 0 Å². The number of fused-ring (bicyclic) bond motifs is 1. The molecule has 2 aromatic rings. The quantitative estimate of drug-likeness (QED) is 0.828. The van der Waals surface area contributed by atoms with Crippen LogP contribution in [0.3, 0.4) is 0 Å². The van der Waals surface area contributed by atoms with Crippen molar-refractivity contribution in [3.05, 3.63) is 53.9 Å². The fraction of sp³-hybridized carbons (Fsp3) is 0.391. The first-order chi connectivity index (χ1) is 14.5. The summed E-state index contributed by atoms with van der Waals surface area (Å²) in [5.41, 5.74) is 3.57. The minimum atomic E-state index is -0.393. The van der Waals surface area contributed by atoms with E-state index in [1.165, 1.54) is 0 Å². The van der Waals surface area contributed by atoms with Gasteiger partial charge in [-0.15, -0.1) is 0 Å². The van der Waals surface area contributed by atoms with Gasteiger partial charge in [0.05, 0.1) is 17.7 Å². The first-order valence-corrected chi connectivity index (χ1v) is 10.4. The normalized spacial score (nSPS) is 19.0. The van der Waals surface area contributed by atoms with E-state index in [1.807, 2.05) is 50.2 Å². The van der Waals surface area contributed by atoms with E-state index in [-0.39, 0.29) is 30.2 Å². The Labute approximate surface area is 176 Å². The largest absolute Gasteiger partial charge is 0.348 e. The number of carbonyl (C=O) groups is 3. The van der Waals surface area contributed by atoms with E-state index in [1.54, 1.807) is 16.0 Å². The third-order valence-corrected chi connectivity index (χ3v) is 5.86. The van der Waals surface area contributed by atoms with Crippen LogP contribution in [0.1, 0.15) is 44.0 Å². The standard InChI is InChI=1S/C23H26N4O3/c1-3-21(28)26-11-9-16-12-18(7-8-20(16)26)27-14-17(13-22(27)29)23(30)25-15(2)19-6-4-5-10-24-19/h4-8,10,12,15,17H,3,9,11,13-14H2,1-2H3,(H,25,30)/t15-,17-/m0/s1. The van der Waals surface area contributed by atoms with Crippen LogP contribution in [0.2, 0.25) is 0 Å². The van der Waals surface area contributed by atoms with Gasteiger partial charge in [-0.05, 0) is 49.2 Å². The molecule has 7 heteroatoms. The Morgan fingerprint density at radius 1 is 1.27 bits per heavy atom. The highest BCUT2D eigenvalue weighted by atomic mass is 16.2. The molecule has 0 unspecified atom stereocenters. The lowest BCUT2D eigenvalue weighted by Gasteiger charge is -2.20. The first kappa shape index (κ1) is 20.1. The summed E-state index contributed by atoms with van der Waals surface area (Å²) in [5.74, 6) is -0.474. The summed E-state index contributed by atoms with van der Waals surface area (Å²) >= 11 is 0. The molecular formula is C23H26N4O3. The van der Waals surface area contributed by atoms with Crippen molar-refractivity contribution in [2.24, 2.45) is 5.92 Å². The van der Waals surface area contributed by atoms with Crippen LogP contribution >= 0.6 is 0 Å². The molecule has 2 atom stereocenters. The van der Waals surface area contributed by atoms with Crippen LogP contribution in [0.4, 0.5) is 11.4 Å². The highest BCUT2D eigenvalue weighted by molar-refractivity contribution is 6.01. The van der Waals surface area contributed by atoms with Crippen molar-refractivity contribution in [1.82, 2.24) is 10.3 Å². The van der Waals surface area contributed by atoms with Gasteiger partial charge in [-0.25, -0.2) is 0 Å². The number of hydrogen-bond acceptors (Lipinski definition) is 4. The van der Waals surface area contributed by atoms with Crippen molar-refractivity contribution in [2.75, 3.05) is 22.9 Å². The summed E-state index contributed by atoms with van der Waals surface area (Å²) in [6, 6.07) is 11.1. The van der Waals surface area contributed by atoms with Crippen LogP contribution in [0.5, 0.6) is 0 Å². The Bertz CT molecular complexity index is 976. The molecule has 4 rings (SSSR count). The molecule has 2 aliphatic rings. The van der Waals surface area contributed by atoms with Crippen molar-refractivity contribution < 1.29 is 14.4 Å². The Morgan fingerprint density at radius 2 is 2.10 bits per heavy atom. The van der Waals surface area contributed by atoms with E-state index in [9.17, 15) is 14.4 Å². The van der Waals surface area contributed by atoms with Gasteiger partial charge < -0.3 is 15.1 Å². The number of anilines is 2. The van der Waals surface area contributed by atoms with Gasteiger partial charge in [0.1, 0.15) is 0 Å². The number of hydrogen-bond donors (Lipinski definition) is 1. The number of aromatic nitrogens is 1. The monoisotopic (exact) mass is 406 g/mol. The van der Waals surface area contributed by atoms with Crippen LogP contribution in [0, 0.1) is 5.92 Å². The number of carbonyl (C=O) groups excluding carboxylic acids is 3. The molecular weight excluding hydrogens is 380 g/mol. The maximum Gasteiger partial charge on any atom is 0.227 e. The fourth-order valence-corrected chi connectivity index (χ4v) is 4.18. The van der Waals surface area contributed by atoms with Gasteiger partial charge in [-0.1, -0.05) is 13.0 Å². The number of rotatable bonds is 5. The van der Waals surface area contributed by atoms with Gasteiger partial charge in [0.25, 0.3) is 0 Å². The van der Waals surface area contributed by atoms with E-state index in [0.29, 0.717) is 19.5 Å². The third-order valence-electron chi connectivity index (χ3n) is 5.86. The number of pyridine rings is 1. The molecule has 1 N–H and O–H groups in total. The minimum Gasteiger partial charge on any atom is -0.348 e. The first-order valence-electron chi connectivity index (χ1n) is 10.4. The average molecular weight is 406 g/mol. The highest BCUT2D eigenvalue weighted by Crippen LogP contribution is 2.34. The second kappa shape index (κ2) is 8.26. The van der Waals surface area contributed by atoms with Crippen molar-refractivity contribution in [3.63, 3.8) is 0 Å². The van der Waals surface area contributed by atoms with Crippen LogP contribution in [0.25, 0.3) is 0 Å². The topological polar surface area (TPSA) is 82.6 Å². The second-order valence-electron chi connectivity index (χ2n) is 7.85. The summed E-state index contributed by atoms with van der Waals surface area (Å²) in [6.07, 6.45) is 3.14. The van der Waals surface area contributed by atoms with Crippen molar-refractivity contribution in [3.8, 4) is 0 Å². The molecule has 3 amide bonds. The van der Waals surface area contributed by atoms with Crippen LogP contribution in [-0.2, 0) is 20.8 Å². The van der Waals surface area contributed by atoms with Crippen molar-refractivity contribution in [2.45, 2.75) is 39.2 Å². The molecule has 0 spiro atoms. The van der Waals surface area contributed by atoms with Crippen LogP contribution < -0.4 is 15.1 Å². The molecule has 30 heavy (non-hydrogen) atoms. The molecule has 2 aliphatic heterocycles. The number of benzene rings is 1. The third kappa shape index (κ3) is 3.79. The highest BCUT2D eigenvalue weighted by Gasteiger charge is 2.36. The summed E-state index contributed by atoms with van der Waals surface area (Å²) in [7, 11) is 0. The molecule has 1 fully saturated rings. The Balaban J connectivity index is 1.44. The molecule has 1 aromatic carbocycles. The maximum atomic E-state index is 12.7. The van der Waals surface area contributed by atoms with E-state index in [0.717, 1.165) is 29.1 Å². The lowest BCUT2D eigenvalue weighted by atomic mass is 10.1. The lowest BCUT2D eigenvalue weighted by Crippen LogP contribution is -2.34. The second-order valence-corrected chi connectivity index (χ2v) is 7.85. The molecule has 0 bridgehead atoms. The lowest BCUT2D eigenvalue weighted by molar-refractivity contribution is -0.126. The van der Waals surface area contributed by atoms with Crippen molar-refractivity contribution in [1.29, 1.82) is 0 Å². The van der Waals surface area contributed by atoms with Crippen LogP contribution in [-0.4, -0.2) is 35.8 Å². The summed E-state index contributed by atoms with van der Waals surface area (Å²) in [6.45, 7) is 4.78. The van der Waals surface area contributed by atoms with Gasteiger partial charge >= 0.3 is 0 Å². The van der Waals surface area contributed by atoms with Gasteiger partial charge in [0, 0.05) is 43.5 Å².